The van der Waals surface area contributed by atoms with Crippen molar-refractivity contribution in [3.05, 3.63) is 52.3 Å². The summed E-state index contributed by atoms with van der Waals surface area (Å²) < 4.78 is 0. The fraction of sp³-hybridized carbons (Fsp3) is 0.312. The molecule has 1 aliphatic rings. The van der Waals surface area contributed by atoms with Crippen molar-refractivity contribution in [1.29, 1.82) is 0 Å². The highest BCUT2D eigenvalue weighted by Crippen LogP contribution is 2.42. The van der Waals surface area contributed by atoms with Gasteiger partial charge in [-0.3, -0.25) is 4.79 Å². The predicted molar refractivity (Wildman–Crippen MR) is 77.2 cm³/mol. The van der Waals surface area contributed by atoms with Crippen LogP contribution in [-0.2, 0) is 0 Å². The summed E-state index contributed by atoms with van der Waals surface area (Å²) in [5, 5.41) is 0. The van der Waals surface area contributed by atoms with Crippen molar-refractivity contribution in [3.63, 3.8) is 0 Å². The Morgan fingerprint density at radius 1 is 1.37 bits per heavy atom. The first-order valence-electron chi connectivity index (χ1n) is 6.56. The number of H-pyrrole nitrogens is 1. The highest BCUT2D eigenvalue weighted by Gasteiger charge is 2.32. The Balaban J connectivity index is 2.13. The van der Waals surface area contributed by atoms with Gasteiger partial charge < -0.3 is 9.88 Å². The van der Waals surface area contributed by atoms with E-state index in [9.17, 15) is 4.79 Å². The minimum Gasteiger partial charge on any atom is -0.372 e. The van der Waals surface area contributed by atoms with E-state index in [0.29, 0.717) is 5.69 Å². The molecule has 0 amide bonds. The molecule has 0 spiro atoms. The summed E-state index contributed by atoms with van der Waals surface area (Å²) >= 11 is 0. The van der Waals surface area contributed by atoms with Gasteiger partial charge in [0.15, 0.2) is 6.29 Å². The standard InChI is InChI=1S/C16H18N2O/c1-10-4-5-12(11(2)6-10)13-8-18(3)15-7-17-14(9-19)16(13)15/h4-7,9,13,17H,8H2,1-3H3. The quantitative estimate of drug-likeness (QED) is 0.836. The van der Waals surface area contributed by atoms with Gasteiger partial charge in [-0.1, -0.05) is 23.8 Å². The normalized spacial score (nSPS) is 17.6. The molecule has 1 atom stereocenters. The van der Waals surface area contributed by atoms with E-state index in [4.69, 9.17) is 0 Å². The zero-order chi connectivity index (χ0) is 13.6. The maximum Gasteiger partial charge on any atom is 0.166 e. The second kappa shape index (κ2) is 4.26. The lowest BCUT2D eigenvalue weighted by molar-refractivity contribution is 0.111. The van der Waals surface area contributed by atoms with Crippen LogP contribution in [0.2, 0.25) is 0 Å². The van der Waals surface area contributed by atoms with Crippen LogP contribution in [0.5, 0.6) is 0 Å². The summed E-state index contributed by atoms with van der Waals surface area (Å²) in [5.41, 5.74) is 6.89. The van der Waals surface area contributed by atoms with Crippen LogP contribution in [0.25, 0.3) is 0 Å². The summed E-state index contributed by atoms with van der Waals surface area (Å²) in [6.45, 7) is 5.19. The molecule has 1 aromatic carbocycles. The van der Waals surface area contributed by atoms with Gasteiger partial charge in [0.25, 0.3) is 0 Å². The van der Waals surface area contributed by atoms with E-state index in [-0.39, 0.29) is 5.92 Å². The van der Waals surface area contributed by atoms with Crippen molar-refractivity contribution in [1.82, 2.24) is 4.98 Å². The summed E-state index contributed by atoms with van der Waals surface area (Å²) in [4.78, 5) is 16.5. The topological polar surface area (TPSA) is 36.1 Å². The van der Waals surface area contributed by atoms with E-state index in [1.165, 1.54) is 16.7 Å². The van der Waals surface area contributed by atoms with Crippen LogP contribution in [0.3, 0.4) is 0 Å². The van der Waals surface area contributed by atoms with E-state index >= 15 is 0 Å². The molecule has 0 saturated heterocycles. The maximum absolute atomic E-state index is 11.2. The summed E-state index contributed by atoms with van der Waals surface area (Å²) in [6.07, 6.45) is 2.86. The van der Waals surface area contributed by atoms with Crippen molar-refractivity contribution in [2.45, 2.75) is 19.8 Å². The first-order valence-corrected chi connectivity index (χ1v) is 6.56. The molecule has 2 aromatic rings. The van der Waals surface area contributed by atoms with Crippen LogP contribution < -0.4 is 4.90 Å². The molecular formula is C16H18N2O. The Bertz CT molecular complexity index is 642. The van der Waals surface area contributed by atoms with Gasteiger partial charge in [0, 0.05) is 31.3 Å². The molecule has 3 heteroatoms. The molecule has 0 saturated carbocycles. The van der Waals surface area contributed by atoms with Gasteiger partial charge in [0.05, 0.1) is 11.4 Å². The average Bonchev–Trinajstić information content (AvgIpc) is 2.91. The Labute approximate surface area is 113 Å². The summed E-state index contributed by atoms with van der Waals surface area (Å²) in [6, 6.07) is 6.55. The van der Waals surface area contributed by atoms with Crippen molar-refractivity contribution in [2.75, 3.05) is 18.5 Å². The van der Waals surface area contributed by atoms with Crippen LogP contribution in [0.4, 0.5) is 5.69 Å². The molecule has 2 heterocycles. The van der Waals surface area contributed by atoms with Crippen molar-refractivity contribution in [2.24, 2.45) is 0 Å². The zero-order valence-electron chi connectivity index (χ0n) is 11.5. The number of carbonyl (C=O) groups is 1. The second-order valence-corrected chi connectivity index (χ2v) is 5.41. The zero-order valence-corrected chi connectivity index (χ0v) is 11.5. The minimum absolute atomic E-state index is 0.284. The number of benzene rings is 1. The Morgan fingerprint density at radius 3 is 2.84 bits per heavy atom. The van der Waals surface area contributed by atoms with E-state index < -0.39 is 0 Å². The van der Waals surface area contributed by atoms with E-state index in [2.05, 4.69) is 49.0 Å². The van der Waals surface area contributed by atoms with Crippen molar-refractivity contribution < 1.29 is 4.79 Å². The Kier molecular flexibility index (Phi) is 2.70. The fourth-order valence-electron chi connectivity index (χ4n) is 3.15. The third kappa shape index (κ3) is 1.77. The molecule has 1 unspecified atom stereocenters. The smallest absolute Gasteiger partial charge is 0.166 e. The van der Waals surface area contributed by atoms with Crippen LogP contribution in [0, 0.1) is 13.8 Å². The second-order valence-electron chi connectivity index (χ2n) is 5.41. The van der Waals surface area contributed by atoms with Crippen LogP contribution in [0.1, 0.15) is 38.7 Å². The molecule has 98 valence electrons. The number of nitrogens with one attached hydrogen (secondary N) is 1. The van der Waals surface area contributed by atoms with Crippen molar-refractivity contribution >= 4 is 12.0 Å². The van der Waals surface area contributed by atoms with E-state index in [1.54, 1.807) is 0 Å². The predicted octanol–water partition coefficient (Wildman–Crippen LogP) is 3.03. The minimum atomic E-state index is 0.284. The number of hydrogen-bond acceptors (Lipinski definition) is 2. The monoisotopic (exact) mass is 254 g/mol. The number of aldehydes is 1. The summed E-state index contributed by atoms with van der Waals surface area (Å²) in [5.74, 6) is 0.284. The lowest BCUT2D eigenvalue weighted by Crippen LogP contribution is -2.17. The fourth-order valence-corrected chi connectivity index (χ4v) is 3.15. The molecule has 1 aromatic heterocycles. The molecular weight excluding hydrogens is 236 g/mol. The third-order valence-corrected chi connectivity index (χ3v) is 4.07. The van der Waals surface area contributed by atoms with E-state index in [1.807, 2.05) is 6.20 Å². The van der Waals surface area contributed by atoms with Gasteiger partial charge in [-0.05, 0) is 25.0 Å². The van der Waals surface area contributed by atoms with Gasteiger partial charge in [0.1, 0.15) is 0 Å². The van der Waals surface area contributed by atoms with Gasteiger partial charge in [-0.25, -0.2) is 0 Å². The number of nitrogens with zero attached hydrogens (tertiary/aromatic N) is 1. The number of rotatable bonds is 2. The highest BCUT2D eigenvalue weighted by molar-refractivity contribution is 5.82. The molecule has 0 bridgehead atoms. The molecule has 19 heavy (non-hydrogen) atoms. The maximum atomic E-state index is 11.2. The van der Waals surface area contributed by atoms with Gasteiger partial charge in [-0.15, -0.1) is 0 Å². The lowest BCUT2D eigenvalue weighted by atomic mass is 9.89. The molecule has 3 rings (SSSR count). The number of hydrogen-bond donors (Lipinski definition) is 1. The number of aromatic amines is 1. The van der Waals surface area contributed by atoms with Gasteiger partial charge in [-0.2, -0.15) is 0 Å². The largest absolute Gasteiger partial charge is 0.372 e. The number of aryl methyl sites for hydroxylation is 2. The molecule has 3 nitrogen and oxygen atoms in total. The molecule has 0 aliphatic carbocycles. The highest BCUT2D eigenvalue weighted by atomic mass is 16.1. The van der Waals surface area contributed by atoms with Crippen LogP contribution >= 0.6 is 0 Å². The molecule has 1 aliphatic heterocycles. The molecule has 1 N–H and O–H groups in total. The molecule has 0 radical (unpaired) electrons. The van der Waals surface area contributed by atoms with Gasteiger partial charge in [0.2, 0.25) is 0 Å². The SMILES string of the molecule is Cc1ccc(C2CN(C)c3c[nH]c(C=O)c32)c(C)c1. The number of anilines is 1. The first kappa shape index (κ1) is 12.0. The van der Waals surface area contributed by atoms with E-state index in [0.717, 1.165) is 24.1 Å². The molecule has 0 fully saturated rings. The van der Waals surface area contributed by atoms with Gasteiger partial charge >= 0.3 is 0 Å². The number of carbonyl (C=O) groups excluding carboxylic acids is 1. The number of fused-ring (bicyclic) bond motifs is 1. The summed E-state index contributed by atoms with van der Waals surface area (Å²) in [7, 11) is 2.07. The third-order valence-electron chi connectivity index (χ3n) is 4.07. The van der Waals surface area contributed by atoms with Crippen LogP contribution in [-0.4, -0.2) is 24.9 Å². The number of likely N-dealkylation sites (N-methyl/N-ethyl adjacent to an activating group) is 1. The first-order chi connectivity index (χ1) is 9.11. The average molecular weight is 254 g/mol. The lowest BCUT2D eigenvalue weighted by Gasteiger charge is -2.16. The Hall–Kier alpha value is -2.03. The van der Waals surface area contributed by atoms with Crippen molar-refractivity contribution in [3.8, 4) is 0 Å². The Morgan fingerprint density at radius 2 is 2.16 bits per heavy atom. The van der Waals surface area contributed by atoms with Crippen LogP contribution in [0.15, 0.2) is 24.4 Å². The number of aromatic nitrogens is 1.